The Balaban J connectivity index is 1.64. The summed E-state index contributed by atoms with van der Waals surface area (Å²) in [6, 6.07) is 12.5. The van der Waals surface area contributed by atoms with Crippen LogP contribution in [0.4, 0.5) is 5.69 Å². The fourth-order valence-corrected chi connectivity index (χ4v) is 3.50. The van der Waals surface area contributed by atoms with Gasteiger partial charge in [-0.1, -0.05) is 18.2 Å². The first-order valence-electron chi connectivity index (χ1n) is 6.32. The molecule has 0 amide bonds. The van der Waals surface area contributed by atoms with Gasteiger partial charge in [0, 0.05) is 29.2 Å². The minimum Gasteiger partial charge on any atom is -0.481 e. The molecule has 0 aliphatic carbocycles. The van der Waals surface area contributed by atoms with E-state index in [0.29, 0.717) is 11.8 Å². The molecule has 1 aliphatic heterocycles. The second-order valence-corrected chi connectivity index (χ2v) is 5.58. The molecule has 19 heavy (non-hydrogen) atoms. The zero-order valence-electron chi connectivity index (χ0n) is 10.8. The van der Waals surface area contributed by atoms with Gasteiger partial charge in [-0.2, -0.15) is 0 Å². The van der Waals surface area contributed by atoms with E-state index in [1.54, 1.807) is 7.11 Å². The van der Waals surface area contributed by atoms with Gasteiger partial charge in [-0.25, -0.2) is 4.98 Å². The first kappa shape index (κ1) is 12.4. The average molecular weight is 272 g/mol. The predicted molar refractivity (Wildman–Crippen MR) is 79.2 cm³/mol. The summed E-state index contributed by atoms with van der Waals surface area (Å²) in [5, 5.41) is 3.45. The predicted octanol–water partition coefficient (Wildman–Crippen LogP) is 3.39. The first-order valence-corrected chi connectivity index (χ1v) is 7.31. The van der Waals surface area contributed by atoms with Crippen LogP contribution in [0.2, 0.25) is 0 Å². The summed E-state index contributed by atoms with van der Waals surface area (Å²) in [4.78, 5) is 5.62. The second-order valence-electron chi connectivity index (χ2n) is 4.52. The summed E-state index contributed by atoms with van der Waals surface area (Å²) in [6.07, 6.45) is 1.81. The third kappa shape index (κ3) is 2.68. The number of hydrogen-bond acceptors (Lipinski definition) is 4. The van der Waals surface area contributed by atoms with Crippen molar-refractivity contribution in [1.29, 1.82) is 0 Å². The summed E-state index contributed by atoms with van der Waals surface area (Å²) in [7, 11) is 1.63. The van der Waals surface area contributed by atoms with Gasteiger partial charge in [0.25, 0.3) is 0 Å². The van der Waals surface area contributed by atoms with Crippen molar-refractivity contribution in [2.45, 2.75) is 10.8 Å². The molecule has 0 bridgehead atoms. The zero-order valence-corrected chi connectivity index (χ0v) is 11.6. The van der Waals surface area contributed by atoms with Gasteiger partial charge in [-0.15, -0.1) is 11.8 Å². The van der Waals surface area contributed by atoms with Gasteiger partial charge in [0.05, 0.1) is 19.0 Å². The quantitative estimate of drug-likeness (QED) is 0.925. The SMILES string of the molecule is COc1ccc(NCC2CSc3ccccc32)cn1. The van der Waals surface area contributed by atoms with Crippen LogP contribution in [0, 0.1) is 0 Å². The highest BCUT2D eigenvalue weighted by atomic mass is 32.2. The van der Waals surface area contributed by atoms with E-state index in [4.69, 9.17) is 4.74 Å². The zero-order chi connectivity index (χ0) is 13.1. The highest BCUT2D eigenvalue weighted by Crippen LogP contribution is 2.39. The normalized spacial score (nSPS) is 17.0. The lowest BCUT2D eigenvalue weighted by Crippen LogP contribution is -2.12. The van der Waals surface area contributed by atoms with Crippen molar-refractivity contribution in [3.63, 3.8) is 0 Å². The third-order valence-corrected chi connectivity index (χ3v) is 4.55. The smallest absolute Gasteiger partial charge is 0.213 e. The van der Waals surface area contributed by atoms with Crippen LogP contribution in [-0.4, -0.2) is 24.4 Å². The number of nitrogens with zero attached hydrogens (tertiary/aromatic N) is 1. The highest BCUT2D eigenvalue weighted by molar-refractivity contribution is 7.99. The molecule has 0 radical (unpaired) electrons. The first-order chi connectivity index (χ1) is 9.36. The Morgan fingerprint density at radius 1 is 1.32 bits per heavy atom. The third-order valence-electron chi connectivity index (χ3n) is 3.30. The molecule has 1 aromatic carbocycles. The Morgan fingerprint density at radius 2 is 2.21 bits per heavy atom. The Bertz CT molecular complexity index is 556. The molecule has 0 fully saturated rings. The van der Waals surface area contributed by atoms with Crippen LogP contribution >= 0.6 is 11.8 Å². The Kier molecular flexibility index (Phi) is 3.60. The van der Waals surface area contributed by atoms with Gasteiger partial charge >= 0.3 is 0 Å². The Labute approximate surface area is 117 Å². The van der Waals surface area contributed by atoms with E-state index in [-0.39, 0.29) is 0 Å². The summed E-state index contributed by atoms with van der Waals surface area (Å²) < 4.78 is 5.05. The fraction of sp³-hybridized carbons (Fsp3) is 0.267. The van der Waals surface area contributed by atoms with Crippen LogP contribution in [0.3, 0.4) is 0 Å². The van der Waals surface area contributed by atoms with Crippen molar-refractivity contribution < 1.29 is 4.74 Å². The van der Waals surface area contributed by atoms with E-state index in [9.17, 15) is 0 Å². The number of pyridine rings is 1. The molecule has 98 valence electrons. The van der Waals surface area contributed by atoms with E-state index in [1.165, 1.54) is 10.5 Å². The van der Waals surface area contributed by atoms with Crippen molar-refractivity contribution in [2.75, 3.05) is 24.7 Å². The van der Waals surface area contributed by atoms with E-state index >= 15 is 0 Å². The van der Waals surface area contributed by atoms with Crippen molar-refractivity contribution >= 4 is 17.4 Å². The maximum absolute atomic E-state index is 5.05. The van der Waals surface area contributed by atoms with Crippen molar-refractivity contribution in [3.8, 4) is 5.88 Å². The summed E-state index contributed by atoms with van der Waals surface area (Å²) in [5.41, 5.74) is 2.50. The van der Waals surface area contributed by atoms with Gasteiger partial charge in [0.15, 0.2) is 0 Å². The topological polar surface area (TPSA) is 34.1 Å². The standard InChI is InChI=1S/C15H16N2OS/c1-18-15-7-6-12(9-17-15)16-8-11-10-19-14-5-3-2-4-13(11)14/h2-7,9,11,16H,8,10H2,1H3. The van der Waals surface area contributed by atoms with E-state index in [1.807, 2.05) is 30.1 Å². The molecule has 2 heterocycles. The van der Waals surface area contributed by atoms with Gasteiger partial charge in [0.2, 0.25) is 5.88 Å². The number of nitrogens with one attached hydrogen (secondary N) is 1. The summed E-state index contributed by atoms with van der Waals surface area (Å²) >= 11 is 1.94. The van der Waals surface area contributed by atoms with Gasteiger partial charge in [-0.3, -0.25) is 0 Å². The molecule has 4 heteroatoms. The molecule has 0 spiro atoms. The lowest BCUT2D eigenvalue weighted by Gasteiger charge is -2.13. The maximum atomic E-state index is 5.05. The molecule has 1 N–H and O–H groups in total. The summed E-state index contributed by atoms with van der Waals surface area (Å²) in [6.45, 7) is 0.942. The van der Waals surface area contributed by atoms with Crippen molar-refractivity contribution in [1.82, 2.24) is 4.98 Å². The van der Waals surface area contributed by atoms with Crippen LogP contribution < -0.4 is 10.1 Å². The average Bonchev–Trinajstić information content (AvgIpc) is 2.89. The molecule has 1 atom stereocenters. The molecule has 0 saturated heterocycles. The van der Waals surface area contributed by atoms with Crippen LogP contribution in [0.25, 0.3) is 0 Å². The Morgan fingerprint density at radius 3 is 3.00 bits per heavy atom. The number of fused-ring (bicyclic) bond motifs is 1. The number of rotatable bonds is 4. The minimum absolute atomic E-state index is 0.573. The summed E-state index contributed by atoms with van der Waals surface area (Å²) in [5.74, 6) is 2.37. The molecule has 1 unspecified atom stereocenters. The molecule has 0 saturated carbocycles. The lowest BCUT2D eigenvalue weighted by molar-refractivity contribution is 0.398. The Hall–Kier alpha value is -1.68. The molecule has 2 aromatic rings. The number of methoxy groups -OCH3 is 1. The monoisotopic (exact) mass is 272 g/mol. The van der Waals surface area contributed by atoms with Crippen LogP contribution in [0.15, 0.2) is 47.5 Å². The van der Waals surface area contributed by atoms with E-state index in [0.717, 1.165) is 18.0 Å². The molecule has 3 rings (SSSR count). The number of thioether (sulfide) groups is 1. The van der Waals surface area contributed by atoms with Gasteiger partial charge < -0.3 is 10.1 Å². The van der Waals surface area contributed by atoms with Crippen molar-refractivity contribution in [3.05, 3.63) is 48.2 Å². The number of anilines is 1. The van der Waals surface area contributed by atoms with Gasteiger partial charge in [0.1, 0.15) is 0 Å². The molecule has 1 aliphatic rings. The van der Waals surface area contributed by atoms with Crippen LogP contribution in [0.5, 0.6) is 5.88 Å². The van der Waals surface area contributed by atoms with E-state index < -0.39 is 0 Å². The highest BCUT2D eigenvalue weighted by Gasteiger charge is 2.22. The second kappa shape index (κ2) is 5.53. The van der Waals surface area contributed by atoms with E-state index in [2.05, 4.69) is 34.6 Å². The van der Waals surface area contributed by atoms with Gasteiger partial charge in [-0.05, 0) is 17.7 Å². The van der Waals surface area contributed by atoms with Crippen LogP contribution in [0.1, 0.15) is 11.5 Å². The number of ether oxygens (including phenoxy) is 1. The lowest BCUT2D eigenvalue weighted by atomic mass is 10.0. The molecular weight excluding hydrogens is 256 g/mol. The fourth-order valence-electron chi connectivity index (χ4n) is 2.24. The maximum Gasteiger partial charge on any atom is 0.213 e. The molecular formula is C15H16N2OS. The van der Waals surface area contributed by atoms with Crippen molar-refractivity contribution in [2.24, 2.45) is 0 Å². The largest absolute Gasteiger partial charge is 0.481 e. The molecule has 1 aromatic heterocycles. The number of benzene rings is 1. The minimum atomic E-state index is 0.573. The van der Waals surface area contributed by atoms with Crippen LogP contribution in [-0.2, 0) is 0 Å². The number of aromatic nitrogens is 1. The number of hydrogen-bond donors (Lipinski definition) is 1. The molecule has 3 nitrogen and oxygen atoms in total.